The maximum absolute atomic E-state index is 11.6. The van der Waals surface area contributed by atoms with Gasteiger partial charge in [0.1, 0.15) is 5.66 Å². The topological polar surface area (TPSA) is 85.4 Å². The number of aromatic nitrogens is 2. The van der Waals surface area contributed by atoms with Gasteiger partial charge in [0.15, 0.2) is 0 Å². The summed E-state index contributed by atoms with van der Waals surface area (Å²) >= 11 is 0. The Balaban J connectivity index is 1.32. The van der Waals surface area contributed by atoms with E-state index in [2.05, 4.69) is 57.2 Å². The average molecular weight is 458 g/mol. The second-order valence-corrected chi connectivity index (χ2v) is 8.88. The maximum Gasteiger partial charge on any atom is 0.227 e. The summed E-state index contributed by atoms with van der Waals surface area (Å²) in [7, 11) is 0. The highest BCUT2D eigenvalue weighted by atomic mass is 16.2. The van der Waals surface area contributed by atoms with Gasteiger partial charge in [-0.05, 0) is 43.0 Å². The Labute approximate surface area is 200 Å². The van der Waals surface area contributed by atoms with Crippen LogP contribution >= 0.6 is 0 Å². The van der Waals surface area contributed by atoms with Crippen LogP contribution in [0.15, 0.2) is 66.7 Å². The number of nitrogens with one attached hydrogen (secondary N) is 3. The number of carbonyl (C=O) groups excluding carboxylic acids is 1. The lowest BCUT2D eigenvalue weighted by Gasteiger charge is -2.35. The molecule has 5 rings (SSSR count). The summed E-state index contributed by atoms with van der Waals surface area (Å²) in [6, 6.07) is 10.2. The molecule has 8 nitrogen and oxygen atoms in total. The highest BCUT2D eigenvalue weighted by molar-refractivity contribution is 5.83. The van der Waals surface area contributed by atoms with Gasteiger partial charge in [-0.2, -0.15) is 0 Å². The number of piperazine rings is 1. The van der Waals surface area contributed by atoms with E-state index in [0.717, 1.165) is 61.7 Å². The Kier molecular flexibility index (Phi) is 5.96. The molecule has 3 aliphatic heterocycles. The third-order valence-electron chi connectivity index (χ3n) is 6.65. The SMILES string of the molecule is CCCC12NC=CC=C1C(c1ccnc(Nc3cccc(N4CCN(C(C)=O)CC4)c3)n1)=CN2. The number of allylic oxidation sites excluding steroid dienone is 2. The molecule has 34 heavy (non-hydrogen) atoms. The molecule has 4 heterocycles. The molecule has 0 aliphatic carbocycles. The second kappa shape index (κ2) is 9.21. The van der Waals surface area contributed by atoms with Gasteiger partial charge in [0.25, 0.3) is 0 Å². The molecule has 3 N–H and O–H groups in total. The molecule has 1 aromatic carbocycles. The molecule has 3 aliphatic rings. The zero-order valence-corrected chi connectivity index (χ0v) is 19.7. The molecule has 0 spiro atoms. The molecular formula is C26H31N7O. The summed E-state index contributed by atoms with van der Waals surface area (Å²) in [5.74, 6) is 0.701. The van der Waals surface area contributed by atoms with Gasteiger partial charge in [-0.15, -0.1) is 0 Å². The van der Waals surface area contributed by atoms with Crippen molar-refractivity contribution >= 4 is 28.8 Å². The van der Waals surface area contributed by atoms with E-state index < -0.39 is 0 Å². The van der Waals surface area contributed by atoms with Crippen LogP contribution in [-0.4, -0.2) is 52.6 Å². The summed E-state index contributed by atoms with van der Waals surface area (Å²) in [5, 5.41) is 10.4. The molecule has 0 bridgehead atoms. The number of carbonyl (C=O) groups is 1. The Bertz CT molecular complexity index is 1160. The third-order valence-corrected chi connectivity index (χ3v) is 6.65. The lowest BCUT2D eigenvalue weighted by Crippen LogP contribution is -2.52. The van der Waals surface area contributed by atoms with Crippen molar-refractivity contribution < 1.29 is 4.79 Å². The van der Waals surface area contributed by atoms with Crippen LogP contribution in [0.25, 0.3) is 5.57 Å². The first-order valence-electron chi connectivity index (χ1n) is 11.9. The van der Waals surface area contributed by atoms with Crippen molar-refractivity contribution in [3.05, 3.63) is 72.3 Å². The van der Waals surface area contributed by atoms with E-state index >= 15 is 0 Å². The minimum atomic E-state index is -0.266. The number of anilines is 3. The molecule has 1 saturated heterocycles. The normalized spacial score (nSPS) is 21.2. The van der Waals surface area contributed by atoms with E-state index in [9.17, 15) is 4.79 Å². The predicted molar refractivity (Wildman–Crippen MR) is 135 cm³/mol. The van der Waals surface area contributed by atoms with Gasteiger partial charge < -0.3 is 25.8 Å². The first kappa shape index (κ1) is 22.0. The predicted octanol–water partition coefficient (Wildman–Crippen LogP) is 3.37. The zero-order chi connectivity index (χ0) is 23.5. The molecule has 1 aromatic heterocycles. The Morgan fingerprint density at radius 2 is 2.03 bits per heavy atom. The number of nitrogens with zero attached hydrogens (tertiary/aromatic N) is 4. The third kappa shape index (κ3) is 4.23. The average Bonchev–Trinajstić information content (AvgIpc) is 3.24. The van der Waals surface area contributed by atoms with Crippen LogP contribution in [0.4, 0.5) is 17.3 Å². The van der Waals surface area contributed by atoms with Crippen LogP contribution < -0.4 is 20.9 Å². The zero-order valence-electron chi connectivity index (χ0n) is 19.7. The van der Waals surface area contributed by atoms with Gasteiger partial charge in [-0.25, -0.2) is 9.97 Å². The fourth-order valence-electron chi connectivity index (χ4n) is 4.89. The van der Waals surface area contributed by atoms with Gasteiger partial charge in [-0.3, -0.25) is 4.79 Å². The van der Waals surface area contributed by atoms with Crippen molar-refractivity contribution in [2.24, 2.45) is 0 Å². The van der Waals surface area contributed by atoms with E-state index in [4.69, 9.17) is 4.98 Å². The van der Waals surface area contributed by atoms with Gasteiger partial charge >= 0.3 is 0 Å². The number of benzene rings is 1. The van der Waals surface area contributed by atoms with Crippen LogP contribution in [-0.2, 0) is 4.79 Å². The number of fused-ring (bicyclic) bond motifs is 1. The quantitative estimate of drug-likeness (QED) is 0.613. The van der Waals surface area contributed by atoms with Crippen LogP contribution in [0.3, 0.4) is 0 Å². The highest BCUT2D eigenvalue weighted by Gasteiger charge is 2.39. The van der Waals surface area contributed by atoms with Crippen LogP contribution in [0.1, 0.15) is 32.4 Å². The van der Waals surface area contributed by atoms with Crippen molar-refractivity contribution in [2.45, 2.75) is 32.4 Å². The summed E-state index contributed by atoms with van der Waals surface area (Å²) in [4.78, 5) is 25.1. The minimum Gasteiger partial charge on any atom is -0.368 e. The van der Waals surface area contributed by atoms with E-state index in [1.54, 1.807) is 13.1 Å². The van der Waals surface area contributed by atoms with Crippen LogP contribution in [0, 0.1) is 0 Å². The Morgan fingerprint density at radius 3 is 2.82 bits per heavy atom. The monoisotopic (exact) mass is 457 g/mol. The van der Waals surface area contributed by atoms with Crippen molar-refractivity contribution in [1.29, 1.82) is 0 Å². The number of amides is 1. The summed E-state index contributed by atoms with van der Waals surface area (Å²) < 4.78 is 0. The number of rotatable bonds is 6. The minimum absolute atomic E-state index is 0.141. The molecule has 1 amide bonds. The van der Waals surface area contributed by atoms with E-state index in [1.165, 1.54) is 5.57 Å². The molecule has 1 fully saturated rings. The molecule has 1 unspecified atom stereocenters. The number of hydrogen-bond donors (Lipinski definition) is 3. The lowest BCUT2D eigenvalue weighted by molar-refractivity contribution is -0.129. The van der Waals surface area contributed by atoms with Crippen molar-refractivity contribution in [2.75, 3.05) is 36.4 Å². The van der Waals surface area contributed by atoms with Gasteiger partial charge in [-0.1, -0.05) is 25.5 Å². The maximum atomic E-state index is 11.6. The summed E-state index contributed by atoms with van der Waals surface area (Å²) in [5.41, 5.74) is 4.95. The molecule has 2 aromatic rings. The van der Waals surface area contributed by atoms with E-state index in [0.29, 0.717) is 5.95 Å². The highest BCUT2D eigenvalue weighted by Crippen LogP contribution is 2.38. The first-order valence-corrected chi connectivity index (χ1v) is 11.9. The largest absolute Gasteiger partial charge is 0.368 e. The standard InChI is InChI=1S/C26H31N7O/c1-3-10-26-23(8-5-11-28-26)22(18-29-26)24-9-12-27-25(31-24)30-20-6-4-7-21(17-20)33-15-13-32(14-16-33)19(2)34/h4-9,11-12,17-18,28-29H,3,10,13-16H2,1-2H3,(H,27,30,31). The van der Waals surface area contributed by atoms with E-state index in [1.807, 2.05) is 35.4 Å². The Morgan fingerprint density at radius 1 is 1.18 bits per heavy atom. The molecule has 0 radical (unpaired) electrons. The smallest absolute Gasteiger partial charge is 0.227 e. The van der Waals surface area contributed by atoms with E-state index in [-0.39, 0.29) is 11.6 Å². The molecular weight excluding hydrogens is 426 g/mol. The summed E-state index contributed by atoms with van der Waals surface area (Å²) in [6.45, 7) is 6.98. The summed E-state index contributed by atoms with van der Waals surface area (Å²) in [6.07, 6.45) is 12.1. The molecule has 176 valence electrons. The number of hydrogen-bond acceptors (Lipinski definition) is 7. The van der Waals surface area contributed by atoms with Gasteiger partial charge in [0, 0.05) is 68.0 Å². The van der Waals surface area contributed by atoms with Crippen molar-refractivity contribution in [1.82, 2.24) is 25.5 Å². The Hall–Kier alpha value is -3.81. The molecule has 8 heteroatoms. The molecule has 1 atom stereocenters. The van der Waals surface area contributed by atoms with Crippen molar-refractivity contribution in [3.63, 3.8) is 0 Å². The van der Waals surface area contributed by atoms with Crippen LogP contribution in [0.5, 0.6) is 0 Å². The van der Waals surface area contributed by atoms with Crippen molar-refractivity contribution in [3.8, 4) is 0 Å². The van der Waals surface area contributed by atoms with Gasteiger partial charge in [0.05, 0.1) is 5.69 Å². The van der Waals surface area contributed by atoms with Crippen LogP contribution in [0.2, 0.25) is 0 Å². The fourth-order valence-corrected chi connectivity index (χ4v) is 4.89. The molecule has 0 saturated carbocycles. The number of dihydropyridines is 1. The first-order chi connectivity index (χ1) is 16.6. The van der Waals surface area contributed by atoms with Gasteiger partial charge in [0.2, 0.25) is 11.9 Å². The second-order valence-electron chi connectivity index (χ2n) is 8.88. The fraction of sp³-hybridized carbons (Fsp3) is 0.346. The lowest BCUT2D eigenvalue weighted by atomic mass is 9.89.